The lowest BCUT2D eigenvalue weighted by Gasteiger charge is -2.26. The summed E-state index contributed by atoms with van der Waals surface area (Å²) in [6, 6.07) is 6.99. The summed E-state index contributed by atoms with van der Waals surface area (Å²) >= 11 is 0. The van der Waals surface area contributed by atoms with Gasteiger partial charge in [-0.25, -0.2) is 0 Å². The molecular formula is C13H16N2O2. The zero-order valence-electron chi connectivity index (χ0n) is 9.69. The fourth-order valence-electron chi connectivity index (χ4n) is 2.06. The molecule has 1 saturated heterocycles. The quantitative estimate of drug-likeness (QED) is 0.809. The Balaban J connectivity index is 2.05. The molecule has 2 amide bonds. The number of nitrogens with zero attached hydrogens (tertiary/aromatic N) is 1. The minimum absolute atomic E-state index is 0.0855. The van der Waals surface area contributed by atoms with Crippen molar-refractivity contribution in [2.45, 2.75) is 19.3 Å². The van der Waals surface area contributed by atoms with Crippen molar-refractivity contribution in [2.75, 3.05) is 18.4 Å². The first-order chi connectivity index (χ1) is 8.31. The first-order valence-electron chi connectivity index (χ1n) is 5.91. The van der Waals surface area contributed by atoms with E-state index in [1.807, 2.05) is 4.90 Å². The number of carbonyl (C=O) groups is 2. The number of likely N-dealkylation sites (tertiary alicyclic amines) is 1. The van der Waals surface area contributed by atoms with Crippen LogP contribution in [0.3, 0.4) is 0 Å². The fourth-order valence-corrected chi connectivity index (χ4v) is 2.06. The largest absolute Gasteiger partial charge is 0.339 e. The number of piperidine rings is 1. The van der Waals surface area contributed by atoms with Crippen molar-refractivity contribution in [3.63, 3.8) is 0 Å². The monoisotopic (exact) mass is 232 g/mol. The van der Waals surface area contributed by atoms with Crippen molar-refractivity contribution >= 4 is 18.0 Å². The van der Waals surface area contributed by atoms with E-state index < -0.39 is 0 Å². The Kier molecular flexibility index (Phi) is 3.75. The Hall–Kier alpha value is -1.84. The Morgan fingerprint density at radius 1 is 1.12 bits per heavy atom. The first-order valence-corrected chi connectivity index (χ1v) is 5.91. The fraction of sp³-hybridized carbons (Fsp3) is 0.385. The zero-order chi connectivity index (χ0) is 12.1. The molecule has 0 bridgehead atoms. The van der Waals surface area contributed by atoms with Crippen LogP contribution in [0.5, 0.6) is 0 Å². The molecule has 0 radical (unpaired) electrons. The van der Waals surface area contributed by atoms with Gasteiger partial charge in [0.15, 0.2) is 0 Å². The second-order valence-corrected chi connectivity index (χ2v) is 4.19. The molecule has 4 nitrogen and oxygen atoms in total. The normalized spacial score (nSPS) is 15.4. The van der Waals surface area contributed by atoms with Gasteiger partial charge >= 0.3 is 0 Å². The summed E-state index contributed by atoms with van der Waals surface area (Å²) in [7, 11) is 0. The van der Waals surface area contributed by atoms with Crippen molar-refractivity contribution < 1.29 is 9.59 Å². The SMILES string of the molecule is O=CNc1ccc(C(=O)N2CCCCC2)cc1. The minimum Gasteiger partial charge on any atom is -0.339 e. The molecule has 0 aliphatic carbocycles. The molecule has 0 saturated carbocycles. The molecule has 1 aliphatic heterocycles. The van der Waals surface area contributed by atoms with Gasteiger partial charge in [-0.15, -0.1) is 0 Å². The lowest BCUT2D eigenvalue weighted by Crippen LogP contribution is -2.35. The van der Waals surface area contributed by atoms with Gasteiger partial charge in [-0.3, -0.25) is 9.59 Å². The van der Waals surface area contributed by atoms with Crippen molar-refractivity contribution in [3.8, 4) is 0 Å². The lowest BCUT2D eigenvalue weighted by molar-refractivity contribution is -0.105. The van der Waals surface area contributed by atoms with E-state index in [0.717, 1.165) is 25.9 Å². The lowest BCUT2D eigenvalue weighted by atomic mass is 10.1. The van der Waals surface area contributed by atoms with Gasteiger partial charge in [-0.2, -0.15) is 0 Å². The van der Waals surface area contributed by atoms with Crippen LogP contribution in [0.15, 0.2) is 24.3 Å². The molecule has 1 aliphatic rings. The highest BCUT2D eigenvalue weighted by Crippen LogP contribution is 2.15. The number of carbonyl (C=O) groups excluding carboxylic acids is 2. The summed E-state index contributed by atoms with van der Waals surface area (Å²) in [5.41, 5.74) is 1.39. The summed E-state index contributed by atoms with van der Waals surface area (Å²) in [5.74, 6) is 0.0855. The Morgan fingerprint density at radius 2 is 1.76 bits per heavy atom. The Bertz CT molecular complexity index is 394. The van der Waals surface area contributed by atoms with E-state index in [9.17, 15) is 9.59 Å². The zero-order valence-corrected chi connectivity index (χ0v) is 9.69. The number of nitrogens with one attached hydrogen (secondary N) is 1. The van der Waals surface area contributed by atoms with Crippen LogP contribution in [0.1, 0.15) is 29.6 Å². The third-order valence-electron chi connectivity index (χ3n) is 3.00. The number of hydrogen-bond donors (Lipinski definition) is 1. The second-order valence-electron chi connectivity index (χ2n) is 4.19. The number of hydrogen-bond acceptors (Lipinski definition) is 2. The molecule has 2 rings (SSSR count). The van der Waals surface area contributed by atoms with Crippen molar-refractivity contribution in [1.29, 1.82) is 0 Å². The smallest absolute Gasteiger partial charge is 0.253 e. The van der Waals surface area contributed by atoms with Crippen LogP contribution in [0.4, 0.5) is 5.69 Å². The van der Waals surface area contributed by atoms with Crippen molar-refractivity contribution in [2.24, 2.45) is 0 Å². The molecule has 0 spiro atoms. The third kappa shape index (κ3) is 2.84. The van der Waals surface area contributed by atoms with E-state index in [-0.39, 0.29) is 5.91 Å². The predicted octanol–water partition coefficient (Wildman–Crippen LogP) is 1.88. The average molecular weight is 232 g/mol. The molecule has 0 unspecified atom stereocenters. The van der Waals surface area contributed by atoms with E-state index in [1.165, 1.54) is 6.42 Å². The van der Waals surface area contributed by atoms with E-state index in [0.29, 0.717) is 17.7 Å². The van der Waals surface area contributed by atoms with E-state index in [2.05, 4.69) is 5.32 Å². The average Bonchev–Trinajstić information content (AvgIpc) is 2.40. The van der Waals surface area contributed by atoms with Crippen LogP contribution < -0.4 is 5.32 Å². The molecule has 0 aromatic heterocycles. The Labute approximate surface area is 101 Å². The minimum atomic E-state index is 0.0855. The van der Waals surface area contributed by atoms with Gasteiger partial charge in [0.1, 0.15) is 0 Å². The van der Waals surface area contributed by atoms with Gasteiger partial charge in [0.05, 0.1) is 0 Å². The van der Waals surface area contributed by atoms with Crippen molar-refractivity contribution in [3.05, 3.63) is 29.8 Å². The molecule has 17 heavy (non-hydrogen) atoms. The molecule has 1 aromatic carbocycles. The summed E-state index contributed by atoms with van der Waals surface area (Å²) in [5, 5.41) is 2.55. The highest BCUT2D eigenvalue weighted by atomic mass is 16.2. The van der Waals surface area contributed by atoms with Crippen LogP contribution >= 0.6 is 0 Å². The van der Waals surface area contributed by atoms with Crippen LogP contribution in [-0.2, 0) is 4.79 Å². The number of anilines is 1. The molecule has 0 atom stereocenters. The maximum Gasteiger partial charge on any atom is 0.253 e. The number of benzene rings is 1. The maximum absolute atomic E-state index is 12.1. The third-order valence-corrected chi connectivity index (χ3v) is 3.00. The molecule has 1 N–H and O–H groups in total. The van der Waals surface area contributed by atoms with Crippen LogP contribution in [-0.4, -0.2) is 30.3 Å². The van der Waals surface area contributed by atoms with Gasteiger partial charge in [-0.1, -0.05) is 0 Å². The van der Waals surface area contributed by atoms with Crippen LogP contribution in [0, 0.1) is 0 Å². The van der Waals surface area contributed by atoms with Gasteiger partial charge in [0, 0.05) is 24.3 Å². The topological polar surface area (TPSA) is 49.4 Å². The maximum atomic E-state index is 12.1. The molecule has 1 fully saturated rings. The Morgan fingerprint density at radius 3 is 2.35 bits per heavy atom. The molecule has 90 valence electrons. The van der Waals surface area contributed by atoms with E-state index in [4.69, 9.17) is 0 Å². The van der Waals surface area contributed by atoms with Crippen LogP contribution in [0.25, 0.3) is 0 Å². The van der Waals surface area contributed by atoms with Crippen molar-refractivity contribution in [1.82, 2.24) is 4.90 Å². The molecular weight excluding hydrogens is 216 g/mol. The number of rotatable bonds is 3. The second kappa shape index (κ2) is 5.48. The van der Waals surface area contributed by atoms with Gasteiger partial charge < -0.3 is 10.2 Å². The van der Waals surface area contributed by atoms with Gasteiger partial charge in [-0.05, 0) is 43.5 Å². The predicted molar refractivity (Wildman–Crippen MR) is 65.9 cm³/mol. The summed E-state index contributed by atoms with van der Waals surface area (Å²) in [6.45, 7) is 1.71. The highest BCUT2D eigenvalue weighted by molar-refractivity contribution is 5.94. The highest BCUT2D eigenvalue weighted by Gasteiger charge is 2.17. The molecule has 1 heterocycles. The van der Waals surface area contributed by atoms with Crippen LogP contribution in [0.2, 0.25) is 0 Å². The summed E-state index contributed by atoms with van der Waals surface area (Å²) < 4.78 is 0. The summed E-state index contributed by atoms with van der Waals surface area (Å²) in [4.78, 5) is 24.3. The first kappa shape index (κ1) is 11.6. The van der Waals surface area contributed by atoms with E-state index >= 15 is 0 Å². The summed E-state index contributed by atoms with van der Waals surface area (Å²) in [6.07, 6.45) is 4.03. The molecule has 1 aromatic rings. The molecule has 4 heteroatoms. The van der Waals surface area contributed by atoms with Gasteiger partial charge in [0.2, 0.25) is 6.41 Å². The number of amides is 2. The standard InChI is InChI=1S/C13H16N2O2/c16-10-14-12-6-4-11(5-7-12)13(17)15-8-2-1-3-9-15/h4-7,10H,1-3,8-9H2,(H,14,16). The van der Waals surface area contributed by atoms with Gasteiger partial charge in [0.25, 0.3) is 5.91 Å². The van der Waals surface area contributed by atoms with E-state index in [1.54, 1.807) is 24.3 Å².